The van der Waals surface area contributed by atoms with Crippen LogP contribution in [0.25, 0.3) is 0 Å². The number of hydrogen-bond donors (Lipinski definition) is 2. The van der Waals surface area contributed by atoms with Gasteiger partial charge in [-0.05, 0) is 48.9 Å². The van der Waals surface area contributed by atoms with E-state index in [2.05, 4.69) is 10.0 Å². The molecular weight excluding hydrogens is 367 g/mol. The molecule has 138 valence electrons. The number of sulfonamides is 1. The zero-order valence-corrected chi connectivity index (χ0v) is 15.3. The fourth-order valence-corrected chi connectivity index (χ4v) is 3.63. The van der Waals surface area contributed by atoms with E-state index in [0.29, 0.717) is 5.69 Å². The van der Waals surface area contributed by atoms with Gasteiger partial charge in [-0.25, -0.2) is 12.8 Å². The summed E-state index contributed by atoms with van der Waals surface area (Å²) in [5.41, 5.74) is 1.35. The van der Waals surface area contributed by atoms with Crippen molar-refractivity contribution in [3.05, 3.63) is 89.7 Å². The van der Waals surface area contributed by atoms with E-state index in [4.69, 9.17) is 0 Å². The molecule has 0 unspecified atom stereocenters. The Balaban J connectivity index is 1.85. The van der Waals surface area contributed by atoms with Gasteiger partial charge in [0, 0.05) is 5.56 Å². The first-order chi connectivity index (χ1) is 12.9. The molecule has 2 N–H and O–H groups in total. The largest absolute Gasteiger partial charge is 0.319 e. The summed E-state index contributed by atoms with van der Waals surface area (Å²) in [5.74, 6) is -1.18. The fourth-order valence-electron chi connectivity index (χ4n) is 2.45. The molecule has 0 aliphatic heterocycles. The molecule has 5 nitrogen and oxygen atoms in total. The molecular formula is C20H17FN2O3S. The van der Waals surface area contributed by atoms with E-state index in [1.54, 1.807) is 37.3 Å². The Morgan fingerprint density at radius 2 is 1.56 bits per heavy atom. The Kier molecular flexibility index (Phi) is 5.23. The molecule has 0 atom stereocenters. The van der Waals surface area contributed by atoms with Crippen molar-refractivity contribution in [3.63, 3.8) is 0 Å². The average molecular weight is 384 g/mol. The van der Waals surface area contributed by atoms with Gasteiger partial charge in [-0.15, -0.1) is 0 Å². The summed E-state index contributed by atoms with van der Waals surface area (Å²) >= 11 is 0. The van der Waals surface area contributed by atoms with Gasteiger partial charge in [-0.2, -0.15) is 0 Å². The number of hydrogen-bond acceptors (Lipinski definition) is 3. The van der Waals surface area contributed by atoms with Crippen LogP contribution in [0.1, 0.15) is 15.9 Å². The molecule has 0 saturated heterocycles. The van der Waals surface area contributed by atoms with Crippen LogP contribution < -0.4 is 10.0 Å². The van der Waals surface area contributed by atoms with E-state index < -0.39 is 21.7 Å². The van der Waals surface area contributed by atoms with Gasteiger partial charge < -0.3 is 5.32 Å². The van der Waals surface area contributed by atoms with E-state index in [1.807, 2.05) is 0 Å². The molecule has 3 aromatic rings. The Labute approximate surface area is 156 Å². The highest BCUT2D eigenvalue weighted by Crippen LogP contribution is 2.21. The summed E-state index contributed by atoms with van der Waals surface area (Å²) in [6, 6.07) is 18.3. The second-order valence-electron chi connectivity index (χ2n) is 5.88. The van der Waals surface area contributed by atoms with Crippen molar-refractivity contribution in [1.82, 2.24) is 0 Å². The van der Waals surface area contributed by atoms with Crippen molar-refractivity contribution in [3.8, 4) is 0 Å². The maximum Gasteiger partial charge on any atom is 0.261 e. The first-order valence-electron chi connectivity index (χ1n) is 8.11. The molecule has 1 amide bonds. The van der Waals surface area contributed by atoms with Crippen molar-refractivity contribution < 1.29 is 17.6 Å². The number of aryl methyl sites for hydroxylation is 1. The van der Waals surface area contributed by atoms with Crippen molar-refractivity contribution >= 4 is 27.3 Å². The number of carbonyl (C=O) groups excluding carboxylic acids is 1. The average Bonchev–Trinajstić information content (AvgIpc) is 2.65. The van der Waals surface area contributed by atoms with Crippen LogP contribution in [0.5, 0.6) is 0 Å². The summed E-state index contributed by atoms with van der Waals surface area (Å²) < 4.78 is 41.5. The summed E-state index contributed by atoms with van der Waals surface area (Å²) in [6.07, 6.45) is 0. The standard InChI is InChI=1S/C20H17FN2O3S/c1-14-7-2-4-11-18(14)23-27(25,26)16-9-6-8-15(13-16)20(24)22-19-12-5-3-10-17(19)21/h2-13,23H,1H3,(H,22,24). The SMILES string of the molecule is Cc1ccccc1NS(=O)(=O)c1cccc(C(=O)Nc2ccccc2F)c1. The number of benzene rings is 3. The van der Waals surface area contributed by atoms with Crippen LogP contribution in [0.15, 0.2) is 77.7 Å². The van der Waals surface area contributed by atoms with Crippen LogP contribution in [0.2, 0.25) is 0 Å². The van der Waals surface area contributed by atoms with Crippen LogP contribution in [0.4, 0.5) is 15.8 Å². The maximum atomic E-state index is 13.7. The van der Waals surface area contributed by atoms with Gasteiger partial charge in [0.1, 0.15) is 5.82 Å². The Bertz CT molecular complexity index is 1100. The van der Waals surface area contributed by atoms with Gasteiger partial charge in [-0.3, -0.25) is 9.52 Å². The first kappa shape index (κ1) is 18.6. The molecule has 0 aliphatic carbocycles. The monoisotopic (exact) mass is 384 g/mol. The van der Waals surface area contributed by atoms with Gasteiger partial charge in [0.25, 0.3) is 15.9 Å². The van der Waals surface area contributed by atoms with Crippen molar-refractivity contribution in [2.24, 2.45) is 0 Å². The first-order valence-corrected chi connectivity index (χ1v) is 9.59. The Morgan fingerprint density at radius 1 is 0.889 bits per heavy atom. The van der Waals surface area contributed by atoms with E-state index in [0.717, 1.165) is 5.56 Å². The molecule has 7 heteroatoms. The predicted molar refractivity (Wildman–Crippen MR) is 103 cm³/mol. The number of amides is 1. The van der Waals surface area contributed by atoms with Gasteiger partial charge in [0.2, 0.25) is 0 Å². The van der Waals surface area contributed by atoms with Crippen molar-refractivity contribution in [2.45, 2.75) is 11.8 Å². The van der Waals surface area contributed by atoms with Crippen LogP contribution in [0.3, 0.4) is 0 Å². The molecule has 27 heavy (non-hydrogen) atoms. The van der Waals surface area contributed by atoms with E-state index in [-0.39, 0.29) is 16.1 Å². The number of halogens is 1. The van der Waals surface area contributed by atoms with Crippen LogP contribution in [-0.2, 0) is 10.0 Å². The van der Waals surface area contributed by atoms with Gasteiger partial charge in [-0.1, -0.05) is 36.4 Å². The number of carbonyl (C=O) groups is 1. The Morgan fingerprint density at radius 3 is 2.26 bits per heavy atom. The van der Waals surface area contributed by atoms with E-state index >= 15 is 0 Å². The highest BCUT2D eigenvalue weighted by Gasteiger charge is 2.17. The third-order valence-electron chi connectivity index (χ3n) is 3.92. The lowest BCUT2D eigenvalue weighted by Crippen LogP contribution is -2.16. The molecule has 0 fully saturated rings. The molecule has 3 rings (SSSR count). The van der Waals surface area contributed by atoms with Gasteiger partial charge in [0.05, 0.1) is 16.3 Å². The second-order valence-corrected chi connectivity index (χ2v) is 7.56. The number of para-hydroxylation sites is 2. The molecule has 0 spiro atoms. The third kappa shape index (κ3) is 4.32. The zero-order valence-electron chi connectivity index (χ0n) is 14.4. The summed E-state index contributed by atoms with van der Waals surface area (Å²) in [6.45, 7) is 1.79. The summed E-state index contributed by atoms with van der Waals surface area (Å²) in [5, 5.41) is 2.43. The quantitative estimate of drug-likeness (QED) is 0.693. The highest BCUT2D eigenvalue weighted by atomic mass is 32.2. The smallest absolute Gasteiger partial charge is 0.261 e. The lowest BCUT2D eigenvalue weighted by molar-refractivity contribution is 0.102. The van der Waals surface area contributed by atoms with Crippen molar-refractivity contribution in [2.75, 3.05) is 10.0 Å². The molecule has 0 aliphatic rings. The topological polar surface area (TPSA) is 75.3 Å². The van der Waals surface area contributed by atoms with E-state index in [1.165, 1.54) is 42.5 Å². The number of nitrogens with one attached hydrogen (secondary N) is 2. The fraction of sp³-hybridized carbons (Fsp3) is 0.0500. The molecule has 3 aromatic carbocycles. The number of rotatable bonds is 5. The van der Waals surface area contributed by atoms with E-state index in [9.17, 15) is 17.6 Å². The summed E-state index contributed by atoms with van der Waals surface area (Å²) in [4.78, 5) is 12.3. The molecule has 0 aromatic heterocycles. The molecule has 0 saturated carbocycles. The molecule has 0 radical (unpaired) electrons. The second kappa shape index (κ2) is 7.59. The van der Waals surface area contributed by atoms with Gasteiger partial charge >= 0.3 is 0 Å². The third-order valence-corrected chi connectivity index (χ3v) is 5.28. The minimum absolute atomic E-state index is 0.0220. The normalized spacial score (nSPS) is 11.0. The van der Waals surface area contributed by atoms with Crippen LogP contribution >= 0.6 is 0 Å². The molecule has 0 heterocycles. The highest BCUT2D eigenvalue weighted by molar-refractivity contribution is 7.92. The predicted octanol–water partition coefficient (Wildman–Crippen LogP) is 4.19. The van der Waals surface area contributed by atoms with Crippen LogP contribution in [0, 0.1) is 12.7 Å². The van der Waals surface area contributed by atoms with Crippen molar-refractivity contribution in [1.29, 1.82) is 0 Å². The lowest BCUT2D eigenvalue weighted by Gasteiger charge is -2.11. The lowest BCUT2D eigenvalue weighted by atomic mass is 10.2. The minimum Gasteiger partial charge on any atom is -0.319 e. The van der Waals surface area contributed by atoms with Crippen LogP contribution in [-0.4, -0.2) is 14.3 Å². The summed E-state index contributed by atoms with van der Waals surface area (Å²) in [7, 11) is -3.88. The minimum atomic E-state index is -3.88. The molecule has 0 bridgehead atoms. The maximum absolute atomic E-state index is 13.7. The van der Waals surface area contributed by atoms with Gasteiger partial charge in [0.15, 0.2) is 0 Å². The number of anilines is 2. The zero-order chi connectivity index (χ0) is 19.4. The Hall–Kier alpha value is -3.19.